The van der Waals surface area contributed by atoms with Gasteiger partial charge in [0.1, 0.15) is 0 Å². The van der Waals surface area contributed by atoms with Crippen molar-refractivity contribution in [1.29, 1.82) is 0 Å². The summed E-state index contributed by atoms with van der Waals surface area (Å²) < 4.78 is 1.03. The Balaban J connectivity index is 2.05. The number of carbonyl (C=O) groups is 1. The van der Waals surface area contributed by atoms with Crippen molar-refractivity contribution in [3.63, 3.8) is 0 Å². The molecule has 4 heteroatoms. The molecule has 0 aromatic heterocycles. The molecule has 18 heavy (non-hydrogen) atoms. The normalized spacial score (nSPS) is 23.1. The summed E-state index contributed by atoms with van der Waals surface area (Å²) in [7, 11) is 0. The summed E-state index contributed by atoms with van der Waals surface area (Å²) in [5.41, 5.74) is 1.79. The van der Waals surface area contributed by atoms with Gasteiger partial charge in [-0.15, -0.1) is 11.6 Å². The molecule has 0 saturated heterocycles. The molecule has 2 atom stereocenters. The molecule has 0 aliphatic heterocycles. The Hall–Kier alpha value is -0.540. The van der Waals surface area contributed by atoms with Crippen molar-refractivity contribution in [1.82, 2.24) is 5.32 Å². The van der Waals surface area contributed by atoms with Gasteiger partial charge in [-0.05, 0) is 49.4 Å². The van der Waals surface area contributed by atoms with E-state index in [1.54, 1.807) is 0 Å². The minimum Gasteiger partial charge on any atom is -0.349 e. The number of alkyl halides is 1. The van der Waals surface area contributed by atoms with Crippen LogP contribution in [-0.4, -0.2) is 17.8 Å². The smallest absolute Gasteiger partial charge is 0.251 e. The lowest BCUT2D eigenvalue weighted by molar-refractivity contribution is 0.0930. The van der Waals surface area contributed by atoms with Gasteiger partial charge in [-0.3, -0.25) is 4.79 Å². The van der Waals surface area contributed by atoms with E-state index >= 15 is 0 Å². The van der Waals surface area contributed by atoms with Crippen molar-refractivity contribution in [2.45, 2.75) is 32.2 Å². The molecule has 1 aliphatic carbocycles. The van der Waals surface area contributed by atoms with E-state index in [0.717, 1.165) is 34.9 Å². The van der Waals surface area contributed by atoms with Gasteiger partial charge in [0.25, 0.3) is 5.91 Å². The van der Waals surface area contributed by atoms with Crippen molar-refractivity contribution in [3.05, 3.63) is 33.8 Å². The molecule has 0 spiro atoms. The fourth-order valence-corrected chi connectivity index (χ4v) is 3.07. The molecule has 1 N–H and O–H groups in total. The van der Waals surface area contributed by atoms with E-state index in [2.05, 4.69) is 21.2 Å². The van der Waals surface area contributed by atoms with Crippen LogP contribution in [0.4, 0.5) is 0 Å². The van der Waals surface area contributed by atoms with Crippen LogP contribution in [0.25, 0.3) is 0 Å². The van der Waals surface area contributed by atoms with Crippen LogP contribution in [0.1, 0.15) is 35.2 Å². The fraction of sp³-hybridized carbons (Fsp3) is 0.500. The molecule has 1 aromatic rings. The van der Waals surface area contributed by atoms with Crippen LogP contribution in [0.3, 0.4) is 0 Å². The SMILES string of the molecule is Cc1cc(C(=O)NC2CCCC2CCl)ccc1Br. The first-order chi connectivity index (χ1) is 8.61. The molecule has 1 fully saturated rings. The van der Waals surface area contributed by atoms with Gasteiger partial charge >= 0.3 is 0 Å². The number of nitrogens with one attached hydrogen (secondary N) is 1. The number of rotatable bonds is 3. The molecular formula is C14H17BrClNO. The summed E-state index contributed by atoms with van der Waals surface area (Å²) in [6.45, 7) is 1.98. The summed E-state index contributed by atoms with van der Waals surface area (Å²) >= 11 is 9.36. The molecule has 1 aliphatic rings. The largest absolute Gasteiger partial charge is 0.349 e. The molecule has 2 nitrogen and oxygen atoms in total. The molecule has 0 bridgehead atoms. The minimum atomic E-state index is 0.00705. The lowest BCUT2D eigenvalue weighted by Crippen LogP contribution is -2.37. The van der Waals surface area contributed by atoms with Crippen LogP contribution in [0.15, 0.2) is 22.7 Å². The summed E-state index contributed by atoms with van der Waals surface area (Å²) in [4.78, 5) is 12.2. The predicted octanol–water partition coefficient (Wildman–Crippen LogP) is 3.89. The number of hydrogen-bond donors (Lipinski definition) is 1. The Morgan fingerprint density at radius 2 is 2.28 bits per heavy atom. The van der Waals surface area contributed by atoms with Gasteiger partial charge in [-0.25, -0.2) is 0 Å². The van der Waals surface area contributed by atoms with Crippen molar-refractivity contribution < 1.29 is 4.79 Å². The first-order valence-electron chi connectivity index (χ1n) is 6.25. The van der Waals surface area contributed by atoms with Crippen molar-refractivity contribution in [2.75, 3.05) is 5.88 Å². The summed E-state index contributed by atoms with van der Waals surface area (Å²) in [5.74, 6) is 1.06. The monoisotopic (exact) mass is 329 g/mol. The molecule has 2 unspecified atom stereocenters. The molecule has 1 amide bonds. The van der Waals surface area contributed by atoms with Crippen LogP contribution < -0.4 is 5.32 Å². The lowest BCUT2D eigenvalue weighted by Gasteiger charge is -2.19. The minimum absolute atomic E-state index is 0.00705. The second-order valence-electron chi connectivity index (χ2n) is 4.89. The van der Waals surface area contributed by atoms with E-state index in [9.17, 15) is 4.79 Å². The molecule has 0 radical (unpaired) electrons. The third-order valence-corrected chi connectivity index (χ3v) is 4.88. The average Bonchev–Trinajstić information content (AvgIpc) is 2.79. The van der Waals surface area contributed by atoms with Crippen LogP contribution in [0, 0.1) is 12.8 Å². The van der Waals surface area contributed by atoms with E-state index in [1.165, 1.54) is 0 Å². The Morgan fingerprint density at radius 1 is 1.50 bits per heavy atom. The second-order valence-corrected chi connectivity index (χ2v) is 6.05. The average molecular weight is 331 g/mol. The topological polar surface area (TPSA) is 29.1 Å². The van der Waals surface area contributed by atoms with Crippen molar-refractivity contribution in [3.8, 4) is 0 Å². The van der Waals surface area contributed by atoms with Crippen LogP contribution in [-0.2, 0) is 0 Å². The molecule has 1 saturated carbocycles. The summed E-state index contributed by atoms with van der Waals surface area (Å²) in [5, 5.41) is 3.10. The molecular weight excluding hydrogens is 314 g/mol. The quantitative estimate of drug-likeness (QED) is 0.837. The number of halogens is 2. The fourth-order valence-electron chi connectivity index (χ4n) is 2.45. The highest BCUT2D eigenvalue weighted by atomic mass is 79.9. The molecule has 2 rings (SSSR count). The van der Waals surface area contributed by atoms with Gasteiger partial charge in [0, 0.05) is 22.0 Å². The maximum Gasteiger partial charge on any atom is 0.251 e. The zero-order valence-electron chi connectivity index (χ0n) is 10.4. The van der Waals surface area contributed by atoms with Gasteiger partial charge in [0.05, 0.1) is 0 Å². The molecule has 1 aromatic carbocycles. The first-order valence-corrected chi connectivity index (χ1v) is 7.57. The highest BCUT2D eigenvalue weighted by molar-refractivity contribution is 9.10. The van der Waals surface area contributed by atoms with Crippen molar-refractivity contribution in [2.24, 2.45) is 5.92 Å². The van der Waals surface area contributed by atoms with E-state index in [4.69, 9.17) is 11.6 Å². The van der Waals surface area contributed by atoms with Gasteiger partial charge in [0.15, 0.2) is 0 Å². The van der Waals surface area contributed by atoms with Gasteiger partial charge < -0.3 is 5.32 Å². The van der Waals surface area contributed by atoms with Crippen LogP contribution in [0.5, 0.6) is 0 Å². The number of carbonyl (C=O) groups excluding carboxylic acids is 1. The zero-order valence-corrected chi connectivity index (χ0v) is 12.7. The second kappa shape index (κ2) is 6.07. The Morgan fingerprint density at radius 3 is 2.94 bits per heavy atom. The highest BCUT2D eigenvalue weighted by Crippen LogP contribution is 2.27. The maximum absolute atomic E-state index is 12.2. The number of aryl methyl sites for hydroxylation is 1. The Labute approximate surface area is 121 Å². The van der Waals surface area contributed by atoms with E-state index in [-0.39, 0.29) is 11.9 Å². The van der Waals surface area contributed by atoms with Gasteiger partial charge in [-0.1, -0.05) is 22.4 Å². The first kappa shape index (κ1) is 13.9. The Bertz CT molecular complexity index is 449. The van der Waals surface area contributed by atoms with E-state index in [1.807, 2.05) is 25.1 Å². The molecule has 0 heterocycles. The highest BCUT2D eigenvalue weighted by Gasteiger charge is 2.27. The van der Waals surface area contributed by atoms with Crippen LogP contribution in [0.2, 0.25) is 0 Å². The predicted molar refractivity (Wildman–Crippen MR) is 78.2 cm³/mol. The van der Waals surface area contributed by atoms with Crippen LogP contribution >= 0.6 is 27.5 Å². The lowest BCUT2D eigenvalue weighted by atomic mass is 10.1. The van der Waals surface area contributed by atoms with E-state index < -0.39 is 0 Å². The summed E-state index contributed by atoms with van der Waals surface area (Å²) in [6.07, 6.45) is 3.31. The van der Waals surface area contributed by atoms with Crippen molar-refractivity contribution >= 4 is 33.4 Å². The number of benzene rings is 1. The molecule has 98 valence electrons. The zero-order chi connectivity index (χ0) is 13.1. The maximum atomic E-state index is 12.2. The number of amides is 1. The van der Waals surface area contributed by atoms with E-state index in [0.29, 0.717) is 11.8 Å². The standard InChI is InChI=1S/C14H17BrClNO/c1-9-7-10(5-6-12(9)15)14(18)17-13-4-2-3-11(13)8-16/h5-7,11,13H,2-4,8H2,1H3,(H,17,18). The summed E-state index contributed by atoms with van der Waals surface area (Å²) in [6, 6.07) is 5.90. The van der Waals surface area contributed by atoms with Gasteiger partial charge in [0.2, 0.25) is 0 Å². The third-order valence-electron chi connectivity index (χ3n) is 3.59. The van der Waals surface area contributed by atoms with Gasteiger partial charge in [-0.2, -0.15) is 0 Å². The Kier molecular flexibility index (Phi) is 4.68. The number of hydrogen-bond acceptors (Lipinski definition) is 1. The third kappa shape index (κ3) is 3.07.